The summed E-state index contributed by atoms with van der Waals surface area (Å²) in [6.45, 7) is 10.3. The van der Waals surface area contributed by atoms with Crippen molar-refractivity contribution in [3.8, 4) is 0 Å². The normalized spacial score (nSPS) is 22.5. The molecule has 0 spiro atoms. The van der Waals surface area contributed by atoms with Gasteiger partial charge in [0.15, 0.2) is 5.82 Å². The van der Waals surface area contributed by atoms with E-state index >= 15 is 0 Å². The standard InChI is InChI=1S/C18H26N4O4/c1-17(2,3)26-15(23)21-8-6-7-13(21)12-9-20-14(10-19-12)22-16(24)25-11-18(22,4)5/h9-10,13H,6-8,11H2,1-5H3/t13-/m0/s1. The van der Waals surface area contributed by atoms with Crippen LogP contribution < -0.4 is 4.90 Å². The van der Waals surface area contributed by atoms with E-state index in [9.17, 15) is 9.59 Å². The first-order valence-corrected chi connectivity index (χ1v) is 8.87. The van der Waals surface area contributed by atoms with Gasteiger partial charge in [-0.2, -0.15) is 0 Å². The van der Waals surface area contributed by atoms with Crippen LogP contribution in [-0.2, 0) is 9.47 Å². The first-order valence-electron chi connectivity index (χ1n) is 8.87. The van der Waals surface area contributed by atoms with Crippen LogP contribution in [0.2, 0.25) is 0 Å². The number of cyclic esters (lactones) is 1. The molecule has 2 saturated heterocycles. The molecule has 0 N–H and O–H groups in total. The summed E-state index contributed by atoms with van der Waals surface area (Å²) in [6, 6.07) is -0.162. The highest BCUT2D eigenvalue weighted by Crippen LogP contribution is 2.33. The quantitative estimate of drug-likeness (QED) is 0.803. The Morgan fingerprint density at radius 3 is 2.58 bits per heavy atom. The molecule has 2 amide bonds. The van der Waals surface area contributed by atoms with Crippen molar-refractivity contribution in [2.45, 2.75) is 64.6 Å². The maximum Gasteiger partial charge on any atom is 0.416 e. The van der Waals surface area contributed by atoms with Gasteiger partial charge in [-0.3, -0.25) is 14.8 Å². The fourth-order valence-electron chi connectivity index (χ4n) is 3.25. The highest BCUT2D eigenvalue weighted by atomic mass is 16.6. The van der Waals surface area contributed by atoms with Gasteiger partial charge >= 0.3 is 12.2 Å². The molecule has 0 aromatic carbocycles. The number of hydrogen-bond donors (Lipinski definition) is 0. The Morgan fingerprint density at radius 1 is 1.31 bits per heavy atom. The maximum atomic E-state index is 12.4. The fourth-order valence-corrected chi connectivity index (χ4v) is 3.25. The monoisotopic (exact) mass is 362 g/mol. The molecular weight excluding hydrogens is 336 g/mol. The molecule has 2 fully saturated rings. The van der Waals surface area contributed by atoms with Crippen LogP contribution >= 0.6 is 0 Å². The SMILES string of the molecule is CC(C)(C)OC(=O)N1CCC[C@H]1c1cnc(N2C(=O)OCC2(C)C)cn1. The van der Waals surface area contributed by atoms with E-state index in [1.54, 1.807) is 17.3 Å². The average molecular weight is 362 g/mol. The molecule has 1 aromatic rings. The zero-order chi connectivity index (χ0) is 19.1. The molecule has 8 nitrogen and oxygen atoms in total. The summed E-state index contributed by atoms with van der Waals surface area (Å²) < 4.78 is 10.6. The van der Waals surface area contributed by atoms with Crippen molar-refractivity contribution in [3.05, 3.63) is 18.1 Å². The number of amides is 2. The third-order valence-corrected chi connectivity index (χ3v) is 4.45. The minimum absolute atomic E-state index is 0.162. The number of anilines is 1. The third-order valence-electron chi connectivity index (χ3n) is 4.45. The van der Waals surface area contributed by atoms with Crippen LogP contribution in [0, 0.1) is 0 Å². The van der Waals surface area contributed by atoms with Crippen LogP contribution in [-0.4, -0.2) is 51.3 Å². The van der Waals surface area contributed by atoms with E-state index in [-0.39, 0.29) is 12.1 Å². The Balaban J connectivity index is 1.78. The molecule has 1 aromatic heterocycles. The molecule has 0 aliphatic carbocycles. The summed E-state index contributed by atoms with van der Waals surface area (Å²) in [7, 11) is 0. The molecule has 26 heavy (non-hydrogen) atoms. The molecule has 0 radical (unpaired) electrons. The van der Waals surface area contributed by atoms with E-state index in [0.717, 1.165) is 12.8 Å². The molecule has 142 valence electrons. The van der Waals surface area contributed by atoms with Gasteiger partial charge in [-0.05, 0) is 47.5 Å². The predicted octanol–water partition coefficient (Wildman–Crippen LogP) is 3.28. The lowest BCUT2D eigenvalue weighted by molar-refractivity contribution is 0.0221. The van der Waals surface area contributed by atoms with Gasteiger partial charge in [0, 0.05) is 6.54 Å². The summed E-state index contributed by atoms with van der Waals surface area (Å²) >= 11 is 0. The van der Waals surface area contributed by atoms with Crippen LogP contribution in [0.3, 0.4) is 0 Å². The van der Waals surface area contributed by atoms with Crippen molar-refractivity contribution in [3.63, 3.8) is 0 Å². The molecule has 3 heterocycles. The highest BCUT2D eigenvalue weighted by molar-refractivity contribution is 5.89. The lowest BCUT2D eigenvalue weighted by atomic mass is 10.1. The highest BCUT2D eigenvalue weighted by Gasteiger charge is 2.42. The summed E-state index contributed by atoms with van der Waals surface area (Å²) in [5, 5.41) is 0. The largest absolute Gasteiger partial charge is 0.447 e. The molecule has 1 atom stereocenters. The Labute approximate surface area is 153 Å². The average Bonchev–Trinajstić information content (AvgIpc) is 3.11. The van der Waals surface area contributed by atoms with E-state index in [0.29, 0.717) is 24.7 Å². The van der Waals surface area contributed by atoms with E-state index in [2.05, 4.69) is 9.97 Å². The third kappa shape index (κ3) is 3.59. The minimum atomic E-state index is -0.540. The molecule has 3 rings (SSSR count). The topological polar surface area (TPSA) is 84.9 Å². The van der Waals surface area contributed by atoms with Crippen molar-refractivity contribution < 1.29 is 19.1 Å². The first kappa shape index (κ1) is 18.4. The smallest absolute Gasteiger partial charge is 0.416 e. The van der Waals surface area contributed by atoms with E-state index in [1.807, 2.05) is 34.6 Å². The molecule has 2 aliphatic heterocycles. The number of ether oxygens (including phenoxy) is 2. The van der Waals surface area contributed by atoms with Crippen molar-refractivity contribution in [1.82, 2.24) is 14.9 Å². The molecule has 0 saturated carbocycles. The van der Waals surface area contributed by atoms with Crippen molar-refractivity contribution in [1.29, 1.82) is 0 Å². The van der Waals surface area contributed by atoms with Crippen LogP contribution in [0.5, 0.6) is 0 Å². The Morgan fingerprint density at radius 2 is 2.04 bits per heavy atom. The molecule has 2 aliphatic rings. The van der Waals surface area contributed by atoms with Crippen molar-refractivity contribution in [2.24, 2.45) is 0 Å². The first-order chi connectivity index (χ1) is 12.1. The maximum absolute atomic E-state index is 12.4. The second-order valence-corrected chi connectivity index (χ2v) is 8.33. The minimum Gasteiger partial charge on any atom is -0.447 e. The van der Waals surface area contributed by atoms with E-state index < -0.39 is 17.2 Å². The van der Waals surface area contributed by atoms with Gasteiger partial charge in [-0.15, -0.1) is 0 Å². The van der Waals surface area contributed by atoms with Gasteiger partial charge in [0.2, 0.25) is 0 Å². The number of likely N-dealkylation sites (tertiary alicyclic amines) is 1. The van der Waals surface area contributed by atoms with Crippen LogP contribution in [0.4, 0.5) is 15.4 Å². The Bertz CT molecular complexity index is 696. The van der Waals surface area contributed by atoms with Gasteiger partial charge in [0.25, 0.3) is 0 Å². The number of nitrogens with zero attached hydrogens (tertiary/aromatic N) is 4. The zero-order valence-electron chi connectivity index (χ0n) is 16.0. The summed E-state index contributed by atoms with van der Waals surface area (Å²) in [6.07, 6.45) is 4.13. The molecule has 8 heteroatoms. The van der Waals surface area contributed by atoms with Gasteiger partial charge in [0.05, 0.1) is 29.7 Å². The van der Waals surface area contributed by atoms with Crippen LogP contribution in [0.25, 0.3) is 0 Å². The number of aromatic nitrogens is 2. The summed E-state index contributed by atoms with van der Waals surface area (Å²) in [5.74, 6) is 0.447. The van der Waals surface area contributed by atoms with Gasteiger partial charge in [-0.1, -0.05) is 0 Å². The number of hydrogen-bond acceptors (Lipinski definition) is 6. The van der Waals surface area contributed by atoms with Crippen molar-refractivity contribution in [2.75, 3.05) is 18.1 Å². The van der Waals surface area contributed by atoms with E-state index in [4.69, 9.17) is 9.47 Å². The number of carbonyl (C=O) groups is 2. The van der Waals surface area contributed by atoms with Gasteiger partial charge in [-0.25, -0.2) is 14.6 Å². The predicted molar refractivity (Wildman–Crippen MR) is 94.9 cm³/mol. The Hall–Kier alpha value is -2.38. The zero-order valence-corrected chi connectivity index (χ0v) is 16.0. The van der Waals surface area contributed by atoms with Crippen LogP contribution in [0.1, 0.15) is 59.2 Å². The lowest BCUT2D eigenvalue weighted by Crippen LogP contribution is -2.42. The molecular formula is C18H26N4O4. The fraction of sp³-hybridized carbons (Fsp3) is 0.667. The number of carbonyl (C=O) groups excluding carboxylic acids is 2. The lowest BCUT2D eigenvalue weighted by Gasteiger charge is -2.29. The second-order valence-electron chi connectivity index (χ2n) is 8.33. The summed E-state index contributed by atoms with van der Waals surface area (Å²) in [5.41, 5.74) is -0.313. The van der Waals surface area contributed by atoms with E-state index in [1.165, 1.54) is 4.90 Å². The van der Waals surface area contributed by atoms with Gasteiger partial charge in [0.1, 0.15) is 12.2 Å². The van der Waals surface area contributed by atoms with Gasteiger partial charge < -0.3 is 9.47 Å². The Kier molecular flexibility index (Phi) is 4.54. The van der Waals surface area contributed by atoms with Crippen LogP contribution in [0.15, 0.2) is 12.4 Å². The second kappa shape index (κ2) is 6.41. The molecule has 0 bridgehead atoms. The summed E-state index contributed by atoms with van der Waals surface area (Å²) in [4.78, 5) is 36.5. The number of rotatable bonds is 2. The molecule has 0 unspecified atom stereocenters. The van der Waals surface area contributed by atoms with Crippen molar-refractivity contribution >= 4 is 18.0 Å².